The third-order valence-corrected chi connectivity index (χ3v) is 2.09. The van der Waals surface area contributed by atoms with Gasteiger partial charge in [0.25, 0.3) is 0 Å². The SMILES string of the molecule is CNC1OCCOC1C(C)(C)C. The van der Waals surface area contributed by atoms with Crippen LogP contribution in [0.1, 0.15) is 20.8 Å². The van der Waals surface area contributed by atoms with Crippen LogP contribution >= 0.6 is 0 Å². The van der Waals surface area contributed by atoms with Gasteiger partial charge in [0.1, 0.15) is 12.3 Å². The van der Waals surface area contributed by atoms with Crippen LogP contribution in [0.3, 0.4) is 0 Å². The molecule has 3 heteroatoms. The number of hydrogen-bond acceptors (Lipinski definition) is 3. The molecule has 1 N–H and O–H groups in total. The molecule has 2 unspecified atom stereocenters. The summed E-state index contributed by atoms with van der Waals surface area (Å²) in [5.74, 6) is 0. The summed E-state index contributed by atoms with van der Waals surface area (Å²) >= 11 is 0. The van der Waals surface area contributed by atoms with Gasteiger partial charge in [-0.15, -0.1) is 0 Å². The molecule has 3 nitrogen and oxygen atoms in total. The van der Waals surface area contributed by atoms with Crippen LogP contribution in [0.15, 0.2) is 0 Å². The molecule has 0 saturated carbocycles. The number of hydrogen-bond donors (Lipinski definition) is 1. The second kappa shape index (κ2) is 3.73. The lowest BCUT2D eigenvalue weighted by atomic mass is 9.87. The van der Waals surface area contributed by atoms with Crippen molar-refractivity contribution in [2.75, 3.05) is 20.3 Å². The molecule has 1 heterocycles. The Hall–Kier alpha value is -0.120. The zero-order valence-electron chi connectivity index (χ0n) is 8.39. The Morgan fingerprint density at radius 3 is 2.17 bits per heavy atom. The van der Waals surface area contributed by atoms with Crippen molar-refractivity contribution < 1.29 is 9.47 Å². The van der Waals surface area contributed by atoms with Gasteiger partial charge in [-0.25, -0.2) is 0 Å². The molecule has 0 amide bonds. The Morgan fingerprint density at radius 1 is 1.17 bits per heavy atom. The largest absolute Gasteiger partial charge is 0.371 e. The van der Waals surface area contributed by atoms with Crippen LogP contribution in [0.25, 0.3) is 0 Å². The molecule has 12 heavy (non-hydrogen) atoms. The van der Waals surface area contributed by atoms with Gasteiger partial charge in [-0.2, -0.15) is 0 Å². The second-order valence-electron chi connectivity index (χ2n) is 4.24. The highest BCUT2D eigenvalue weighted by Crippen LogP contribution is 2.27. The van der Waals surface area contributed by atoms with Crippen LogP contribution in [0.4, 0.5) is 0 Å². The monoisotopic (exact) mass is 173 g/mol. The van der Waals surface area contributed by atoms with Crippen molar-refractivity contribution in [3.05, 3.63) is 0 Å². The molecule has 0 aromatic heterocycles. The fourth-order valence-electron chi connectivity index (χ4n) is 1.46. The summed E-state index contributed by atoms with van der Waals surface area (Å²) in [6.07, 6.45) is 0.190. The highest BCUT2D eigenvalue weighted by molar-refractivity contribution is 4.82. The Bertz CT molecular complexity index is 142. The first kappa shape index (κ1) is 9.96. The topological polar surface area (TPSA) is 30.5 Å². The van der Waals surface area contributed by atoms with Crippen LogP contribution in [0.2, 0.25) is 0 Å². The molecule has 2 atom stereocenters. The van der Waals surface area contributed by atoms with E-state index in [9.17, 15) is 0 Å². The van der Waals surface area contributed by atoms with E-state index >= 15 is 0 Å². The predicted molar refractivity (Wildman–Crippen MR) is 48.0 cm³/mol. The van der Waals surface area contributed by atoms with Crippen molar-refractivity contribution in [1.82, 2.24) is 5.32 Å². The molecule has 0 radical (unpaired) electrons. The minimum Gasteiger partial charge on any atom is -0.371 e. The fourth-order valence-corrected chi connectivity index (χ4v) is 1.46. The normalized spacial score (nSPS) is 32.0. The summed E-state index contributed by atoms with van der Waals surface area (Å²) < 4.78 is 11.2. The van der Waals surface area contributed by atoms with E-state index in [1.54, 1.807) is 0 Å². The molecule has 1 rings (SSSR count). The van der Waals surface area contributed by atoms with Gasteiger partial charge in [-0.05, 0) is 12.5 Å². The predicted octanol–water partition coefficient (Wildman–Crippen LogP) is 0.993. The quantitative estimate of drug-likeness (QED) is 0.641. The molecular weight excluding hydrogens is 154 g/mol. The Kier molecular flexibility index (Phi) is 3.09. The van der Waals surface area contributed by atoms with Crippen molar-refractivity contribution in [2.45, 2.75) is 33.1 Å². The first-order valence-corrected chi connectivity index (χ1v) is 4.46. The van der Waals surface area contributed by atoms with Crippen molar-refractivity contribution >= 4 is 0 Å². The summed E-state index contributed by atoms with van der Waals surface area (Å²) in [7, 11) is 1.90. The van der Waals surface area contributed by atoms with Crippen molar-refractivity contribution in [1.29, 1.82) is 0 Å². The molecule has 1 fully saturated rings. The summed E-state index contributed by atoms with van der Waals surface area (Å²) in [5.41, 5.74) is 0.133. The van der Waals surface area contributed by atoms with Crippen LogP contribution in [0, 0.1) is 5.41 Å². The standard InChI is InChI=1S/C9H19NO2/c1-9(2,3)7-8(10-4)12-6-5-11-7/h7-8,10H,5-6H2,1-4H3. The number of likely N-dealkylation sites (N-methyl/N-ethyl adjacent to an activating group) is 1. The van der Waals surface area contributed by atoms with Crippen molar-refractivity contribution in [3.8, 4) is 0 Å². The molecule has 1 aliphatic heterocycles. The average Bonchev–Trinajstić information content (AvgIpc) is 2.03. The van der Waals surface area contributed by atoms with Gasteiger partial charge in [0, 0.05) is 0 Å². The fraction of sp³-hybridized carbons (Fsp3) is 1.00. The van der Waals surface area contributed by atoms with E-state index in [0.29, 0.717) is 13.2 Å². The van der Waals surface area contributed by atoms with E-state index in [-0.39, 0.29) is 17.7 Å². The highest BCUT2D eigenvalue weighted by atomic mass is 16.6. The molecule has 1 aliphatic rings. The Balaban J connectivity index is 2.59. The van der Waals surface area contributed by atoms with Crippen LogP contribution in [0.5, 0.6) is 0 Å². The molecular formula is C9H19NO2. The summed E-state index contributed by atoms with van der Waals surface area (Å²) in [6, 6.07) is 0. The number of ether oxygens (including phenoxy) is 2. The van der Waals surface area contributed by atoms with E-state index in [4.69, 9.17) is 9.47 Å². The number of rotatable bonds is 1. The maximum absolute atomic E-state index is 5.66. The van der Waals surface area contributed by atoms with Gasteiger partial charge in [0.15, 0.2) is 0 Å². The minimum absolute atomic E-state index is 0.0405. The third-order valence-electron chi connectivity index (χ3n) is 2.09. The second-order valence-corrected chi connectivity index (χ2v) is 4.24. The first-order chi connectivity index (χ1) is 5.55. The van der Waals surface area contributed by atoms with E-state index in [0.717, 1.165) is 0 Å². The maximum Gasteiger partial charge on any atom is 0.134 e. The van der Waals surface area contributed by atoms with Crippen LogP contribution < -0.4 is 5.32 Å². The first-order valence-electron chi connectivity index (χ1n) is 4.46. The maximum atomic E-state index is 5.66. The van der Waals surface area contributed by atoms with Gasteiger partial charge in [0.05, 0.1) is 13.2 Å². The summed E-state index contributed by atoms with van der Waals surface area (Å²) in [4.78, 5) is 0. The summed E-state index contributed by atoms with van der Waals surface area (Å²) in [6.45, 7) is 7.89. The smallest absolute Gasteiger partial charge is 0.134 e. The molecule has 0 aliphatic carbocycles. The van der Waals surface area contributed by atoms with Crippen molar-refractivity contribution in [2.24, 2.45) is 5.41 Å². The molecule has 0 aromatic carbocycles. The lowest BCUT2D eigenvalue weighted by Gasteiger charge is -2.39. The van der Waals surface area contributed by atoms with Crippen molar-refractivity contribution in [3.63, 3.8) is 0 Å². The lowest BCUT2D eigenvalue weighted by Crippen LogP contribution is -2.52. The molecule has 0 aromatic rings. The molecule has 0 bridgehead atoms. The van der Waals surface area contributed by atoms with Crippen LogP contribution in [-0.2, 0) is 9.47 Å². The Morgan fingerprint density at radius 2 is 1.75 bits per heavy atom. The third kappa shape index (κ3) is 2.19. The van der Waals surface area contributed by atoms with Gasteiger partial charge >= 0.3 is 0 Å². The average molecular weight is 173 g/mol. The van der Waals surface area contributed by atoms with E-state index < -0.39 is 0 Å². The van der Waals surface area contributed by atoms with Gasteiger partial charge in [-0.1, -0.05) is 20.8 Å². The molecule has 72 valence electrons. The number of nitrogens with one attached hydrogen (secondary N) is 1. The van der Waals surface area contributed by atoms with Gasteiger partial charge in [-0.3, -0.25) is 5.32 Å². The zero-order chi connectivity index (χ0) is 9.19. The van der Waals surface area contributed by atoms with Gasteiger partial charge in [0.2, 0.25) is 0 Å². The molecule has 0 spiro atoms. The summed E-state index contributed by atoms with van der Waals surface area (Å²) in [5, 5.41) is 3.11. The van der Waals surface area contributed by atoms with E-state index in [2.05, 4.69) is 26.1 Å². The van der Waals surface area contributed by atoms with E-state index in [1.165, 1.54) is 0 Å². The van der Waals surface area contributed by atoms with Gasteiger partial charge < -0.3 is 9.47 Å². The molecule has 1 saturated heterocycles. The Labute approximate surface area is 74.4 Å². The highest BCUT2D eigenvalue weighted by Gasteiger charge is 2.35. The van der Waals surface area contributed by atoms with Crippen LogP contribution in [-0.4, -0.2) is 32.6 Å². The van der Waals surface area contributed by atoms with E-state index in [1.807, 2.05) is 7.05 Å². The zero-order valence-corrected chi connectivity index (χ0v) is 8.39. The lowest BCUT2D eigenvalue weighted by molar-refractivity contribution is -0.182. The minimum atomic E-state index is 0.0405.